The molecular weight excluding hydrogens is 364 g/mol. The second kappa shape index (κ2) is 8.19. The zero-order valence-corrected chi connectivity index (χ0v) is 17.7. The van der Waals surface area contributed by atoms with Gasteiger partial charge in [-0.25, -0.2) is 0 Å². The molecule has 0 aliphatic carbocycles. The maximum absolute atomic E-state index is 12.5. The van der Waals surface area contributed by atoms with Gasteiger partial charge in [-0.2, -0.15) is 5.10 Å². The van der Waals surface area contributed by atoms with Crippen molar-refractivity contribution in [3.63, 3.8) is 0 Å². The molecule has 1 aromatic carbocycles. The van der Waals surface area contributed by atoms with Gasteiger partial charge in [0.25, 0.3) is 0 Å². The molecule has 1 spiro atoms. The van der Waals surface area contributed by atoms with Gasteiger partial charge in [-0.1, -0.05) is 18.2 Å². The normalized spacial score (nSPS) is 21.0. The smallest absolute Gasteiger partial charge is 0.220 e. The number of nitrogens with one attached hydrogen (secondary N) is 1. The van der Waals surface area contributed by atoms with Crippen molar-refractivity contribution < 1.29 is 9.53 Å². The van der Waals surface area contributed by atoms with E-state index in [1.165, 1.54) is 11.1 Å². The molecule has 156 valence electrons. The number of hydrogen-bond donors (Lipinski definition) is 1. The Kier molecular flexibility index (Phi) is 5.63. The van der Waals surface area contributed by atoms with Crippen molar-refractivity contribution >= 4 is 5.91 Å². The number of benzene rings is 1. The first-order chi connectivity index (χ1) is 13.9. The number of piperidine rings is 1. The Labute approximate surface area is 173 Å². The number of likely N-dealkylation sites (tertiary alicyclic amines) is 1. The van der Waals surface area contributed by atoms with Crippen LogP contribution in [0.15, 0.2) is 36.7 Å². The minimum Gasteiger partial charge on any atom is -0.487 e. The Morgan fingerprint density at radius 3 is 2.76 bits per heavy atom. The summed E-state index contributed by atoms with van der Waals surface area (Å²) in [6.45, 7) is 6.95. The molecule has 29 heavy (non-hydrogen) atoms. The number of hydrogen-bond acceptors (Lipinski definition) is 4. The highest BCUT2D eigenvalue weighted by Crippen LogP contribution is 2.46. The van der Waals surface area contributed by atoms with Crippen molar-refractivity contribution in [2.45, 2.75) is 63.6 Å². The van der Waals surface area contributed by atoms with Crippen LogP contribution in [-0.4, -0.2) is 45.3 Å². The molecular formula is C23H32N4O2. The Morgan fingerprint density at radius 1 is 1.31 bits per heavy atom. The van der Waals surface area contributed by atoms with Gasteiger partial charge in [-0.15, -0.1) is 0 Å². The number of amides is 1. The predicted molar refractivity (Wildman–Crippen MR) is 113 cm³/mol. The summed E-state index contributed by atoms with van der Waals surface area (Å²) in [5.74, 6) is 1.30. The first-order valence-electron chi connectivity index (χ1n) is 10.7. The zero-order valence-electron chi connectivity index (χ0n) is 17.7. The van der Waals surface area contributed by atoms with Crippen molar-refractivity contribution in [1.29, 1.82) is 0 Å². The summed E-state index contributed by atoms with van der Waals surface area (Å²) in [4.78, 5) is 15.0. The van der Waals surface area contributed by atoms with Gasteiger partial charge in [0.05, 0.1) is 6.20 Å². The lowest BCUT2D eigenvalue weighted by Crippen LogP contribution is -2.50. The van der Waals surface area contributed by atoms with Crippen LogP contribution in [0.5, 0.6) is 5.75 Å². The second-order valence-electron chi connectivity index (χ2n) is 8.95. The van der Waals surface area contributed by atoms with Gasteiger partial charge in [0.15, 0.2) is 0 Å². The standard InChI is InChI=1S/C23H32N4O2/c1-17(2)25-22(28)12-19-13-23(29-21-7-5-4-6-20(19)21)8-10-27(11-9-23)16-18-14-24-26(3)15-18/h4-7,14-15,17,19H,8-13,16H2,1-3H3,(H,25,28)/t19-/m0/s1. The Bertz CT molecular complexity index is 852. The van der Waals surface area contributed by atoms with E-state index in [0.717, 1.165) is 44.6 Å². The van der Waals surface area contributed by atoms with Crippen LogP contribution in [0.2, 0.25) is 0 Å². The van der Waals surface area contributed by atoms with Gasteiger partial charge in [-0.3, -0.25) is 14.4 Å². The lowest BCUT2D eigenvalue weighted by Gasteiger charge is -2.47. The number of rotatable bonds is 5. The highest BCUT2D eigenvalue weighted by Gasteiger charge is 2.43. The maximum Gasteiger partial charge on any atom is 0.220 e. The molecule has 2 aromatic rings. The maximum atomic E-state index is 12.5. The van der Waals surface area contributed by atoms with E-state index in [-0.39, 0.29) is 23.5 Å². The first kappa shape index (κ1) is 20.0. The van der Waals surface area contributed by atoms with Crippen LogP contribution in [0.1, 0.15) is 56.6 Å². The van der Waals surface area contributed by atoms with E-state index in [9.17, 15) is 4.79 Å². The van der Waals surface area contributed by atoms with Crippen LogP contribution in [0.4, 0.5) is 0 Å². The fraction of sp³-hybridized carbons (Fsp3) is 0.565. The first-order valence-corrected chi connectivity index (χ1v) is 10.7. The molecule has 1 aromatic heterocycles. The van der Waals surface area contributed by atoms with E-state index < -0.39 is 0 Å². The minimum atomic E-state index is -0.164. The number of carbonyl (C=O) groups is 1. The lowest BCUT2D eigenvalue weighted by molar-refractivity contribution is -0.122. The number of aryl methyl sites for hydroxylation is 1. The van der Waals surface area contributed by atoms with Crippen molar-refractivity contribution in [3.05, 3.63) is 47.8 Å². The summed E-state index contributed by atoms with van der Waals surface area (Å²) in [7, 11) is 1.96. The van der Waals surface area contributed by atoms with Gasteiger partial charge in [0.1, 0.15) is 11.4 Å². The fourth-order valence-electron chi connectivity index (χ4n) is 4.77. The monoisotopic (exact) mass is 396 g/mol. The van der Waals surface area contributed by atoms with Crippen LogP contribution in [0.3, 0.4) is 0 Å². The SMILES string of the molecule is CC(C)NC(=O)C[C@H]1CC2(CCN(Cc3cnn(C)c3)CC2)Oc2ccccc21. The third kappa shape index (κ3) is 4.64. The van der Waals surface area contributed by atoms with E-state index in [2.05, 4.69) is 33.6 Å². The van der Waals surface area contributed by atoms with Crippen molar-refractivity contribution in [2.75, 3.05) is 13.1 Å². The number of nitrogens with zero attached hydrogens (tertiary/aromatic N) is 3. The molecule has 4 rings (SSSR count). The summed E-state index contributed by atoms with van der Waals surface area (Å²) in [5, 5.41) is 7.33. The summed E-state index contributed by atoms with van der Waals surface area (Å²) in [6.07, 6.45) is 7.45. The molecule has 1 amide bonds. The average Bonchev–Trinajstić information content (AvgIpc) is 3.08. The Hall–Kier alpha value is -2.34. The lowest BCUT2D eigenvalue weighted by atomic mass is 9.76. The summed E-state index contributed by atoms with van der Waals surface area (Å²) in [5.41, 5.74) is 2.26. The van der Waals surface area contributed by atoms with Crippen molar-refractivity contribution in [3.8, 4) is 5.75 Å². The average molecular weight is 397 g/mol. The molecule has 6 nitrogen and oxygen atoms in total. The molecule has 1 atom stereocenters. The number of carbonyl (C=O) groups excluding carboxylic acids is 1. The molecule has 0 saturated carbocycles. The van der Waals surface area contributed by atoms with Gasteiger partial charge in [0.2, 0.25) is 5.91 Å². The highest BCUT2D eigenvalue weighted by atomic mass is 16.5. The van der Waals surface area contributed by atoms with Crippen molar-refractivity contribution in [1.82, 2.24) is 20.0 Å². The van der Waals surface area contributed by atoms with E-state index in [4.69, 9.17) is 4.74 Å². The summed E-state index contributed by atoms with van der Waals surface area (Å²) < 4.78 is 8.44. The Morgan fingerprint density at radius 2 is 2.07 bits per heavy atom. The molecule has 2 aliphatic rings. The topological polar surface area (TPSA) is 59.4 Å². The molecule has 6 heteroatoms. The number of ether oxygens (including phenoxy) is 1. The number of para-hydroxylation sites is 1. The molecule has 2 aliphatic heterocycles. The van der Waals surface area contributed by atoms with E-state index in [1.54, 1.807) is 0 Å². The molecule has 0 unspecified atom stereocenters. The van der Waals surface area contributed by atoms with Crippen LogP contribution in [0.25, 0.3) is 0 Å². The molecule has 1 fully saturated rings. The van der Waals surface area contributed by atoms with Crippen LogP contribution in [0, 0.1) is 0 Å². The van der Waals surface area contributed by atoms with Gasteiger partial charge in [-0.05, 0) is 44.7 Å². The van der Waals surface area contributed by atoms with Crippen LogP contribution < -0.4 is 10.1 Å². The van der Waals surface area contributed by atoms with E-state index in [1.807, 2.05) is 43.9 Å². The van der Waals surface area contributed by atoms with E-state index in [0.29, 0.717) is 6.42 Å². The summed E-state index contributed by atoms with van der Waals surface area (Å²) in [6, 6.07) is 8.42. The fourth-order valence-corrected chi connectivity index (χ4v) is 4.77. The third-order valence-electron chi connectivity index (χ3n) is 6.12. The molecule has 0 radical (unpaired) electrons. The number of fused-ring (bicyclic) bond motifs is 1. The molecule has 0 bridgehead atoms. The van der Waals surface area contributed by atoms with Crippen molar-refractivity contribution in [2.24, 2.45) is 7.05 Å². The van der Waals surface area contributed by atoms with Crippen LogP contribution >= 0.6 is 0 Å². The third-order valence-corrected chi connectivity index (χ3v) is 6.12. The highest BCUT2D eigenvalue weighted by molar-refractivity contribution is 5.77. The second-order valence-corrected chi connectivity index (χ2v) is 8.95. The quantitative estimate of drug-likeness (QED) is 0.843. The predicted octanol–water partition coefficient (Wildman–Crippen LogP) is 3.24. The van der Waals surface area contributed by atoms with Gasteiger partial charge < -0.3 is 10.1 Å². The molecule has 1 saturated heterocycles. The van der Waals surface area contributed by atoms with E-state index >= 15 is 0 Å². The minimum absolute atomic E-state index is 0.130. The zero-order chi connectivity index (χ0) is 20.4. The van der Waals surface area contributed by atoms with Crippen LogP contribution in [-0.2, 0) is 18.4 Å². The number of aromatic nitrogens is 2. The largest absolute Gasteiger partial charge is 0.487 e. The molecule has 1 N–H and O–H groups in total. The molecule has 3 heterocycles. The van der Waals surface area contributed by atoms with Gasteiger partial charge in [0, 0.05) is 56.8 Å². The summed E-state index contributed by atoms with van der Waals surface area (Å²) >= 11 is 0. The Balaban J connectivity index is 1.45. The van der Waals surface area contributed by atoms with Gasteiger partial charge >= 0.3 is 0 Å².